The van der Waals surface area contributed by atoms with Gasteiger partial charge in [0.1, 0.15) is 10.6 Å². The molecular weight excluding hydrogens is 392 g/mol. The Morgan fingerprint density at radius 2 is 1.40 bits per heavy atom. The Balaban J connectivity index is 1.69. The van der Waals surface area contributed by atoms with Crippen molar-refractivity contribution in [3.63, 3.8) is 0 Å². The number of carbonyl (C=O) groups excluding carboxylic acids is 2. The van der Waals surface area contributed by atoms with Crippen molar-refractivity contribution < 1.29 is 9.59 Å². The molecule has 0 radical (unpaired) electrons. The molecule has 4 nitrogen and oxygen atoms in total. The molecule has 0 aliphatic carbocycles. The summed E-state index contributed by atoms with van der Waals surface area (Å²) in [6, 6.07) is 25.2. The summed E-state index contributed by atoms with van der Waals surface area (Å²) in [7, 11) is 0. The van der Waals surface area contributed by atoms with Gasteiger partial charge in [0.05, 0.1) is 6.54 Å². The van der Waals surface area contributed by atoms with Crippen molar-refractivity contribution in [2.75, 3.05) is 5.32 Å². The summed E-state index contributed by atoms with van der Waals surface area (Å²) in [5.74, 6) is -0.578. The smallest absolute Gasteiger partial charge is 0.278 e. The third kappa shape index (κ3) is 4.31. The van der Waals surface area contributed by atoms with Crippen LogP contribution in [0.1, 0.15) is 16.7 Å². The molecule has 0 unspecified atom stereocenters. The number of hydrogen-bond donors (Lipinski definition) is 1. The third-order valence-electron chi connectivity index (χ3n) is 4.76. The van der Waals surface area contributed by atoms with Crippen molar-refractivity contribution in [1.29, 1.82) is 0 Å². The third-order valence-corrected chi connectivity index (χ3v) is 5.85. The summed E-state index contributed by atoms with van der Waals surface area (Å²) in [4.78, 5) is 29.2. The Bertz CT molecular complexity index is 1100. The number of aryl methyl sites for hydroxylation is 2. The van der Waals surface area contributed by atoms with Gasteiger partial charge < -0.3 is 5.32 Å². The number of imide groups is 1. The van der Waals surface area contributed by atoms with Crippen molar-refractivity contribution in [3.05, 3.63) is 106 Å². The fourth-order valence-electron chi connectivity index (χ4n) is 3.47. The van der Waals surface area contributed by atoms with Gasteiger partial charge in [0.25, 0.3) is 11.8 Å². The number of nitrogens with zero attached hydrogens (tertiary/aromatic N) is 1. The second-order valence-corrected chi connectivity index (χ2v) is 8.39. The van der Waals surface area contributed by atoms with E-state index in [9.17, 15) is 9.59 Å². The maximum Gasteiger partial charge on any atom is 0.278 e. The topological polar surface area (TPSA) is 49.4 Å². The lowest BCUT2D eigenvalue weighted by Crippen LogP contribution is -2.31. The molecule has 1 aliphatic rings. The van der Waals surface area contributed by atoms with E-state index in [2.05, 4.69) is 11.4 Å². The zero-order valence-corrected chi connectivity index (χ0v) is 17.7. The molecular formula is C25H22N2O2S. The van der Waals surface area contributed by atoms with Gasteiger partial charge in [-0.3, -0.25) is 14.5 Å². The first-order valence-electron chi connectivity index (χ1n) is 9.74. The monoisotopic (exact) mass is 414 g/mol. The molecule has 3 aromatic carbocycles. The van der Waals surface area contributed by atoms with Gasteiger partial charge in [-0.25, -0.2) is 0 Å². The fourth-order valence-corrected chi connectivity index (χ4v) is 4.43. The molecule has 2 amide bonds. The zero-order chi connectivity index (χ0) is 21.1. The maximum absolute atomic E-state index is 13.3. The maximum atomic E-state index is 13.3. The van der Waals surface area contributed by atoms with Crippen molar-refractivity contribution >= 4 is 29.3 Å². The average Bonchev–Trinajstić information content (AvgIpc) is 2.93. The summed E-state index contributed by atoms with van der Waals surface area (Å²) in [5.41, 5.74) is 4.23. The number of thioether (sulfide) groups is 1. The molecule has 3 aromatic rings. The number of benzene rings is 3. The lowest BCUT2D eigenvalue weighted by molar-refractivity contribution is -0.137. The lowest BCUT2D eigenvalue weighted by atomic mass is 10.1. The highest BCUT2D eigenvalue weighted by molar-refractivity contribution is 8.04. The van der Waals surface area contributed by atoms with Crippen molar-refractivity contribution in [2.45, 2.75) is 25.3 Å². The van der Waals surface area contributed by atoms with Crippen LogP contribution in [0.3, 0.4) is 0 Å². The standard InChI is InChI=1S/C25H22N2O2S/c1-17-13-18(2)15-20(14-17)26-22-23(30-21-11-7-4-8-12-21)25(29)27(24(22)28)16-19-9-5-3-6-10-19/h3-15,26H,16H2,1-2H3. The van der Waals surface area contributed by atoms with Gasteiger partial charge in [-0.1, -0.05) is 66.4 Å². The number of carbonyl (C=O) groups is 2. The minimum Gasteiger partial charge on any atom is -0.350 e. The number of rotatable bonds is 6. The van der Waals surface area contributed by atoms with Crippen LogP contribution in [0.15, 0.2) is 94.4 Å². The summed E-state index contributed by atoms with van der Waals surface area (Å²) in [5, 5.41) is 3.24. The molecule has 1 aliphatic heterocycles. The van der Waals surface area contributed by atoms with E-state index in [0.29, 0.717) is 10.6 Å². The summed E-state index contributed by atoms with van der Waals surface area (Å²) >= 11 is 1.32. The molecule has 0 fully saturated rings. The molecule has 1 heterocycles. The Morgan fingerprint density at radius 1 is 0.800 bits per heavy atom. The van der Waals surface area contributed by atoms with E-state index in [-0.39, 0.29) is 18.4 Å². The highest BCUT2D eigenvalue weighted by Gasteiger charge is 2.39. The first kappa shape index (κ1) is 20.0. The van der Waals surface area contributed by atoms with E-state index in [0.717, 1.165) is 27.3 Å². The largest absolute Gasteiger partial charge is 0.350 e. The van der Waals surface area contributed by atoms with Gasteiger partial charge in [0, 0.05) is 10.6 Å². The van der Waals surface area contributed by atoms with E-state index < -0.39 is 0 Å². The number of nitrogens with one attached hydrogen (secondary N) is 1. The van der Waals surface area contributed by atoms with Crippen LogP contribution >= 0.6 is 11.8 Å². The normalized spacial score (nSPS) is 13.9. The number of hydrogen-bond acceptors (Lipinski definition) is 4. The Labute approximate surface area is 180 Å². The minimum atomic E-state index is -0.304. The molecule has 0 saturated heterocycles. The molecule has 30 heavy (non-hydrogen) atoms. The van der Waals surface area contributed by atoms with Gasteiger partial charge in [0.15, 0.2) is 0 Å². The van der Waals surface area contributed by atoms with Crippen LogP contribution in [0.2, 0.25) is 0 Å². The second-order valence-electron chi connectivity index (χ2n) is 7.30. The van der Waals surface area contributed by atoms with Gasteiger partial charge in [-0.2, -0.15) is 0 Å². The number of amides is 2. The molecule has 0 saturated carbocycles. The highest BCUT2D eigenvalue weighted by Crippen LogP contribution is 2.36. The van der Waals surface area contributed by atoms with E-state index in [1.165, 1.54) is 16.7 Å². The molecule has 0 atom stereocenters. The van der Waals surface area contributed by atoms with Crippen LogP contribution in [-0.2, 0) is 16.1 Å². The van der Waals surface area contributed by atoms with E-state index in [4.69, 9.17) is 0 Å². The highest BCUT2D eigenvalue weighted by atomic mass is 32.2. The first-order valence-corrected chi connectivity index (χ1v) is 10.6. The van der Waals surface area contributed by atoms with Crippen LogP contribution < -0.4 is 5.32 Å². The molecule has 5 heteroatoms. The van der Waals surface area contributed by atoms with Crippen LogP contribution in [0.5, 0.6) is 0 Å². The predicted molar refractivity (Wildman–Crippen MR) is 121 cm³/mol. The molecule has 4 rings (SSSR count). The van der Waals surface area contributed by atoms with E-state index >= 15 is 0 Å². The lowest BCUT2D eigenvalue weighted by Gasteiger charge is -2.15. The van der Waals surface area contributed by atoms with Crippen LogP contribution in [0.4, 0.5) is 5.69 Å². The molecule has 0 spiro atoms. The summed E-state index contributed by atoms with van der Waals surface area (Å²) in [6.45, 7) is 4.26. The quantitative estimate of drug-likeness (QED) is 0.557. The Kier molecular flexibility index (Phi) is 5.72. The van der Waals surface area contributed by atoms with Gasteiger partial charge in [-0.15, -0.1) is 0 Å². The van der Waals surface area contributed by atoms with Crippen LogP contribution in [-0.4, -0.2) is 16.7 Å². The number of anilines is 1. The predicted octanol–water partition coefficient (Wildman–Crippen LogP) is 5.29. The Hall–Kier alpha value is -3.31. The summed E-state index contributed by atoms with van der Waals surface area (Å²) in [6.07, 6.45) is 0. The average molecular weight is 415 g/mol. The van der Waals surface area contributed by atoms with Crippen molar-refractivity contribution in [1.82, 2.24) is 4.90 Å². The molecule has 150 valence electrons. The summed E-state index contributed by atoms with van der Waals surface area (Å²) < 4.78 is 0. The first-order chi connectivity index (χ1) is 14.5. The van der Waals surface area contributed by atoms with Crippen LogP contribution in [0, 0.1) is 13.8 Å². The van der Waals surface area contributed by atoms with Crippen molar-refractivity contribution in [2.24, 2.45) is 0 Å². The molecule has 0 bridgehead atoms. The second kappa shape index (κ2) is 8.59. The fraction of sp³-hybridized carbons (Fsp3) is 0.120. The van der Waals surface area contributed by atoms with Gasteiger partial charge in [-0.05, 0) is 54.8 Å². The molecule has 1 N–H and O–H groups in total. The van der Waals surface area contributed by atoms with Crippen molar-refractivity contribution in [3.8, 4) is 0 Å². The Morgan fingerprint density at radius 3 is 2.03 bits per heavy atom. The van der Waals surface area contributed by atoms with Gasteiger partial charge >= 0.3 is 0 Å². The van der Waals surface area contributed by atoms with Crippen LogP contribution in [0.25, 0.3) is 0 Å². The SMILES string of the molecule is Cc1cc(C)cc(NC2=C(Sc3ccccc3)C(=O)N(Cc3ccccc3)C2=O)c1. The molecule has 0 aromatic heterocycles. The van der Waals surface area contributed by atoms with E-state index in [1.54, 1.807) is 0 Å². The zero-order valence-electron chi connectivity index (χ0n) is 16.9. The van der Waals surface area contributed by atoms with E-state index in [1.807, 2.05) is 86.6 Å². The minimum absolute atomic E-state index is 0.245. The van der Waals surface area contributed by atoms with Gasteiger partial charge in [0.2, 0.25) is 0 Å².